The maximum atomic E-state index is 12.8. The molecule has 0 aromatic heterocycles. The first-order chi connectivity index (χ1) is 14.4. The molecule has 4 heteroatoms. The standard InChI is InChI=1S/C26H42O3P/c1-3-5-7-9-11-13-15-17-21-25-22-18-19-23-26(25)30(27,28,29)24-20-16-14-12-10-8-6-4-2/h17-24H,3-16H2,1-2H3/q-3. The van der Waals surface area contributed by atoms with Crippen molar-refractivity contribution in [3.63, 3.8) is 0 Å². The molecule has 1 aromatic rings. The molecule has 0 aliphatic heterocycles. The molecule has 0 heterocycles. The number of unbranched alkanes of at least 4 members (excludes halogenated alkanes) is 12. The molecule has 0 saturated carbocycles. The minimum absolute atomic E-state index is 0.109. The van der Waals surface area contributed by atoms with Crippen molar-refractivity contribution in [1.29, 1.82) is 0 Å². The molecule has 0 spiro atoms. The van der Waals surface area contributed by atoms with Gasteiger partial charge < -0.3 is 0 Å². The van der Waals surface area contributed by atoms with Crippen LogP contribution in [0.25, 0.3) is 6.08 Å². The van der Waals surface area contributed by atoms with Gasteiger partial charge in [0.25, 0.3) is 0 Å². The van der Waals surface area contributed by atoms with Crippen molar-refractivity contribution >= 4 is 18.7 Å². The van der Waals surface area contributed by atoms with Gasteiger partial charge in [-0.05, 0) is 0 Å². The first-order valence-electron chi connectivity index (χ1n) is 12.0. The summed E-state index contributed by atoms with van der Waals surface area (Å²) in [4.78, 5) is 38.4. The van der Waals surface area contributed by atoms with Gasteiger partial charge in [-0.3, -0.25) is 0 Å². The molecule has 0 aliphatic carbocycles. The van der Waals surface area contributed by atoms with E-state index in [2.05, 4.69) is 13.8 Å². The van der Waals surface area contributed by atoms with Gasteiger partial charge in [0.1, 0.15) is 0 Å². The predicted octanol–water partition coefficient (Wildman–Crippen LogP) is 5.72. The van der Waals surface area contributed by atoms with E-state index in [4.69, 9.17) is 0 Å². The van der Waals surface area contributed by atoms with Crippen LogP contribution in [-0.2, 0) is 0 Å². The SMILES string of the molecule is CCCCCCCCC=Cc1ccccc1P([O-])([O-])([O-])C=CCCCCCCCC. The molecule has 172 valence electrons. The van der Waals surface area contributed by atoms with E-state index < -0.39 is 7.28 Å². The second-order valence-corrected chi connectivity index (χ2v) is 11.1. The Hall–Kier alpha value is -0.990. The summed E-state index contributed by atoms with van der Waals surface area (Å²) in [5, 5.41) is -0.109. The fourth-order valence-electron chi connectivity index (χ4n) is 3.63. The van der Waals surface area contributed by atoms with Gasteiger partial charge in [-0.1, -0.05) is 0 Å². The second kappa shape index (κ2) is 14.9. The summed E-state index contributed by atoms with van der Waals surface area (Å²) < 4.78 is 0. The number of benzene rings is 1. The van der Waals surface area contributed by atoms with Crippen LogP contribution < -0.4 is 20.0 Å². The van der Waals surface area contributed by atoms with E-state index in [9.17, 15) is 14.7 Å². The third-order valence-corrected chi connectivity index (χ3v) is 7.48. The third-order valence-electron chi connectivity index (χ3n) is 5.48. The van der Waals surface area contributed by atoms with Crippen molar-refractivity contribution in [1.82, 2.24) is 0 Å². The van der Waals surface area contributed by atoms with Crippen molar-refractivity contribution in [2.24, 2.45) is 0 Å². The molecule has 0 N–H and O–H groups in total. The Morgan fingerprint density at radius 1 is 0.667 bits per heavy atom. The Labute approximate surface area is 185 Å². The van der Waals surface area contributed by atoms with Gasteiger partial charge in [-0.2, -0.15) is 0 Å². The zero-order chi connectivity index (χ0) is 22.2. The zero-order valence-electron chi connectivity index (χ0n) is 19.2. The fraction of sp³-hybridized carbons (Fsp3) is 0.615. The topological polar surface area (TPSA) is 69.2 Å². The van der Waals surface area contributed by atoms with Crippen molar-refractivity contribution < 1.29 is 14.7 Å². The Kier molecular flexibility index (Phi) is 13.4. The summed E-state index contributed by atoms with van der Waals surface area (Å²) in [6.07, 6.45) is 21.1. The second-order valence-electron chi connectivity index (χ2n) is 8.40. The van der Waals surface area contributed by atoms with E-state index >= 15 is 0 Å². The molecule has 30 heavy (non-hydrogen) atoms. The molecular formula is C26H42O3P-3. The summed E-state index contributed by atoms with van der Waals surface area (Å²) in [5.74, 6) is 0.915. The molecule has 0 fully saturated rings. The van der Waals surface area contributed by atoms with Crippen LogP contribution in [-0.4, -0.2) is 0 Å². The third kappa shape index (κ3) is 11.4. The average molecular weight is 434 g/mol. The van der Waals surface area contributed by atoms with Gasteiger partial charge in [0.05, 0.1) is 0 Å². The van der Waals surface area contributed by atoms with E-state index in [0.717, 1.165) is 31.5 Å². The normalized spacial score (nSPS) is 13.8. The van der Waals surface area contributed by atoms with Crippen LogP contribution in [0, 0.1) is 0 Å². The quantitative estimate of drug-likeness (QED) is 0.233. The maximum absolute atomic E-state index is 12.8. The van der Waals surface area contributed by atoms with E-state index in [1.54, 1.807) is 30.4 Å². The van der Waals surface area contributed by atoms with Gasteiger partial charge in [-0.15, -0.1) is 0 Å². The average Bonchev–Trinajstić information content (AvgIpc) is 2.72. The van der Waals surface area contributed by atoms with Crippen LogP contribution in [0.4, 0.5) is 0 Å². The van der Waals surface area contributed by atoms with E-state index in [-0.39, 0.29) is 5.30 Å². The molecule has 1 rings (SSSR count). The van der Waals surface area contributed by atoms with Gasteiger partial charge >= 0.3 is 185 Å². The molecule has 0 atom stereocenters. The van der Waals surface area contributed by atoms with E-state index in [1.165, 1.54) is 63.9 Å². The Morgan fingerprint density at radius 2 is 1.17 bits per heavy atom. The summed E-state index contributed by atoms with van der Waals surface area (Å²) in [7, 11) is -5.76. The van der Waals surface area contributed by atoms with Crippen LogP contribution in [0.15, 0.2) is 42.2 Å². The summed E-state index contributed by atoms with van der Waals surface area (Å²) in [6.45, 7) is 4.40. The van der Waals surface area contributed by atoms with Crippen molar-refractivity contribution in [2.45, 2.75) is 104 Å². The van der Waals surface area contributed by atoms with Gasteiger partial charge in [0.15, 0.2) is 0 Å². The first-order valence-corrected chi connectivity index (χ1v) is 14.1. The monoisotopic (exact) mass is 433 g/mol. The van der Waals surface area contributed by atoms with Gasteiger partial charge in [0, 0.05) is 0 Å². The summed E-state index contributed by atoms with van der Waals surface area (Å²) >= 11 is 0. The molecule has 3 nitrogen and oxygen atoms in total. The Morgan fingerprint density at radius 3 is 1.77 bits per heavy atom. The number of hydrogen-bond acceptors (Lipinski definition) is 3. The number of hydrogen-bond donors (Lipinski definition) is 0. The van der Waals surface area contributed by atoms with Crippen molar-refractivity contribution in [3.05, 3.63) is 47.8 Å². The van der Waals surface area contributed by atoms with Crippen LogP contribution in [0.2, 0.25) is 0 Å². The van der Waals surface area contributed by atoms with E-state index in [1.807, 2.05) is 6.08 Å². The number of rotatable bonds is 17. The summed E-state index contributed by atoms with van der Waals surface area (Å²) in [5.41, 5.74) is 0.491. The predicted molar refractivity (Wildman–Crippen MR) is 127 cm³/mol. The van der Waals surface area contributed by atoms with Crippen LogP contribution in [0.3, 0.4) is 0 Å². The first kappa shape index (κ1) is 27.0. The Bertz CT molecular complexity index is 629. The fourth-order valence-corrected chi connectivity index (χ4v) is 5.27. The van der Waals surface area contributed by atoms with Gasteiger partial charge in [0.2, 0.25) is 0 Å². The zero-order valence-corrected chi connectivity index (χ0v) is 20.1. The molecule has 0 unspecified atom stereocenters. The summed E-state index contributed by atoms with van der Waals surface area (Å²) in [6, 6.07) is 6.55. The van der Waals surface area contributed by atoms with Crippen molar-refractivity contribution in [3.8, 4) is 0 Å². The molecule has 0 saturated heterocycles. The molecule has 0 radical (unpaired) electrons. The van der Waals surface area contributed by atoms with Gasteiger partial charge in [-0.25, -0.2) is 0 Å². The van der Waals surface area contributed by atoms with E-state index in [0.29, 0.717) is 12.0 Å². The molecule has 0 bridgehead atoms. The minimum atomic E-state index is -5.76. The van der Waals surface area contributed by atoms with Crippen molar-refractivity contribution in [2.75, 3.05) is 0 Å². The molecule has 1 aromatic carbocycles. The van der Waals surface area contributed by atoms with Crippen LogP contribution in [0.5, 0.6) is 0 Å². The van der Waals surface area contributed by atoms with Crippen LogP contribution >= 0.6 is 7.28 Å². The van der Waals surface area contributed by atoms with Crippen LogP contribution in [0.1, 0.15) is 109 Å². The Balaban J connectivity index is 2.59. The molecular weight excluding hydrogens is 391 g/mol. The molecule has 0 aliphatic rings. The molecule has 0 amide bonds. The number of allylic oxidation sites excluding steroid dienone is 2.